The van der Waals surface area contributed by atoms with Gasteiger partial charge >= 0.3 is 5.69 Å². The van der Waals surface area contributed by atoms with E-state index in [2.05, 4.69) is 0 Å². The normalized spacial score (nSPS) is 23.6. The fraction of sp³-hybridized carbons (Fsp3) is 0.273. The van der Waals surface area contributed by atoms with Crippen LogP contribution in [0.3, 0.4) is 0 Å². The third kappa shape index (κ3) is 3.73. The van der Waals surface area contributed by atoms with Crippen LogP contribution >= 0.6 is 0 Å². The van der Waals surface area contributed by atoms with Gasteiger partial charge in [-0.1, -0.05) is 48.5 Å². The Kier molecular flexibility index (Phi) is 5.65. The molecule has 0 amide bonds. The molecule has 2 aromatic carbocycles. The largest absolute Gasteiger partial charge is 0.394 e. The average molecular weight is 410 g/mol. The number of hydrogen-bond acceptors (Lipinski definition) is 6. The Hall–Kier alpha value is -3.04. The number of benzene rings is 2. The summed E-state index contributed by atoms with van der Waals surface area (Å²) in [6, 6.07) is 18.5. The van der Waals surface area contributed by atoms with Crippen LogP contribution in [0, 0.1) is 0 Å². The van der Waals surface area contributed by atoms with Crippen LogP contribution in [-0.4, -0.2) is 49.4 Å². The van der Waals surface area contributed by atoms with Crippen molar-refractivity contribution in [3.63, 3.8) is 0 Å². The molecule has 0 bridgehead atoms. The highest BCUT2D eigenvalue weighted by molar-refractivity contribution is 5.63. The Morgan fingerprint density at radius 3 is 2.33 bits per heavy atom. The number of aliphatic hydroxyl groups is 3. The number of rotatable bonds is 5. The van der Waals surface area contributed by atoms with Gasteiger partial charge < -0.3 is 20.1 Å². The van der Waals surface area contributed by atoms with Crippen molar-refractivity contribution in [1.29, 1.82) is 0 Å². The van der Waals surface area contributed by atoms with E-state index in [4.69, 9.17) is 4.74 Å². The predicted octanol–water partition coefficient (Wildman–Crippen LogP) is 0.337. The zero-order chi connectivity index (χ0) is 21.3. The molecule has 4 atom stereocenters. The van der Waals surface area contributed by atoms with Gasteiger partial charge in [-0.2, -0.15) is 0 Å². The van der Waals surface area contributed by atoms with E-state index in [1.807, 2.05) is 54.6 Å². The highest BCUT2D eigenvalue weighted by atomic mass is 16.6. The first-order chi connectivity index (χ1) is 14.5. The summed E-state index contributed by atoms with van der Waals surface area (Å²) in [5, 5.41) is 29.4. The molecule has 1 aliphatic rings. The Labute approximate surface area is 171 Å². The van der Waals surface area contributed by atoms with Crippen LogP contribution in [0.4, 0.5) is 0 Å². The van der Waals surface area contributed by atoms with Crippen LogP contribution in [0.2, 0.25) is 0 Å². The van der Waals surface area contributed by atoms with Gasteiger partial charge in [0.1, 0.15) is 18.3 Å². The van der Waals surface area contributed by atoms with E-state index in [1.54, 1.807) is 0 Å². The zero-order valence-electron chi connectivity index (χ0n) is 16.0. The summed E-state index contributed by atoms with van der Waals surface area (Å²) in [6.45, 7) is -0.469. The second kappa shape index (κ2) is 8.37. The summed E-state index contributed by atoms with van der Waals surface area (Å²) in [4.78, 5) is 25.4. The monoisotopic (exact) mass is 410 g/mol. The number of hydrogen-bond donors (Lipinski definition) is 3. The van der Waals surface area contributed by atoms with E-state index in [-0.39, 0.29) is 6.54 Å². The minimum atomic E-state index is -1.41. The van der Waals surface area contributed by atoms with Crippen molar-refractivity contribution in [3.8, 4) is 11.1 Å². The minimum Gasteiger partial charge on any atom is -0.394 e. The van der Waals surface area contributed by atoms with Crippen LogP contribution in [0.1, 0.15) is 11.8 Å². The lowest BCUT2D eigenvalue weighted by Gasteiger charge is -2.18. The summed E-state index contributed by atoms with van der Waals surface area (Å²) < 4.78 is 7.52. The quantitative estimate of drug-likeness (QED) is 0.559. The van der Waals surface area contributed by atoms with Crippen LogP contribution in [0.15, 0.2) is 76.4 Å². The molecule has 30 heavy (non-hydrogen) atoms. The van der Waals surface area contributed by atoms with Crippen LogP contribution < -0.4 is 11.2 Å². The zero-order valence-corrected chi connectivity index (χ0v) is 16.0. The predicted molar refractivity (Wildman–Crippen MR) is 109 cm³/mol. The summed E-state index contributed by atoms with van der Waals surface area (Å²) in [5.41, 5.74) is 1.56. The lowest BCUT2D eigenvalue weighted by atomic mass is 10.0. The molecule has 156 valence electrons. The second-order valence-corrected chi connectivity index (χ2v) is 7.23. The summed E-state index contributed by atoms with van der Waals surface area (Å²) in [7, 11) is 0. The van der Waals surface area contributed by atoms with Crippen molar-refractivity contribution < 1.29 is 20.1 Å². The number of ether oxygens (including phenoxy) is 1. The summed E-state index contributed by atoms with van der Waals surface area (Å²) in [5.74, 6) is 0. The molecule has 2 heterocycles. The smallest absolute Gasteiger partial charge is 0.333 e. The van der Waals surface area contributed by atoms with Crippen molar-refractivity contribution in [2.24, 2.45) is 0 Å². The van der Waals surface area contributed by atoms with Crippen molar-refractivity contribution in [1.82, 2.24) is 9.13 Å². The minimum absolute atomic E-state index is 0.0357. The molecular formula is C22H22N2O6. The van der Waals surface area contributed by atoms with E-state index >= 15 is 0 Å². The van der Waals surface area contributed by atoms with Gasteiger partial charge in [0, 0.05) is 12.3 Å². The fourth-order valence-corrected chi connectivity index (χ4v) is 3.64. The van der Waals surface area contributed by atoms with E-state index in [0.717, 1.165) is 25.8 Å². The Morgan fingerprint density at radius 2 is 1.63 bits per heavy atom. The Bertz CT molecular complexity index is 1140. The highest BCUT2D eigenvalue weighted by Crippen LogP contribution is 2.28. The van der Waals surface area contributed by atoms with E-state index in [1.165, 1.54) is 12.3 Å². The third-order valence-corrected chi connectivity index (χ3v) is 5.26. The first kappa shape index (κ1) is 20.2. The molecule has 1 aromatic heterocycles. The molecule has 8 nitrogen and oxygen atoms in total. The topological polar surface area (TPSA) is 114 Å². The SMILES string of the molecule is O=c1ccn([C@@H]2O[C@H](CO)C(O)C2O)c(=O)n1Cc1cccc(-c2ccccc2)c1. The summed E-state index contributed by atoms with van der Waals surface area (Å²) >= 11 is 0. The van der Waals surface area contributed by atoms with Crippen LogP contribution in [-0.2, 0) is 11.3 Å². The van der Waals surface area contributed by atoms with Gasteiger partial charge in [-0.15, -0.1) is 0 Å². The average Bonchev–Trinajstić information content (AvgIpc) is 3.06. The highest BCUT2D eigenvalue weighted by Gasteiger charge is 2.43. The first-order valence-corrected chi connectivity index (χ1v) is 9.58. The second-order valence-electron chi connectivity index (χ2n) is 7.23. The van der Waals surface area contributed by atoms with Crippen molar-refractivity contribution >= 4 is 0 Å². The molecule has 1 saturated heterocycles. The first-order valence-electron chi connectivity index (χ1n) is 9.58. The molecule has 1 fully saturated rings. The molecule has 0 spiro atoms. The van der Waals surface area contributed by atoms with Crippen molar-refractivity contribution in [2.45, 2.75) is 31.1 Å². The molecule has 0 radical (unpaired) electrons. The molecule has 8 heteroatoms. The number of nitrogens with zero attached hydrogens (tertiary/aromatic N) is 2. The fourth-order valence-electron chi connectivity index (χ4n) is 3.64. The lowest BCUT2D eigenvalue weighted by molar-refractivity contribution is -0.0555. The maximum Gasteiger partial charge on any atom is 0.333 e. The van der Waals surface area contributed by atoms with Crippen LogP contribution in [0.5, 0.6) is 0 Å². The van der Waals surface area contributed by atoms with Crippen LogP contribution in [0.25, 0.3) is 11.1 Å². The molecule has 0 aliphatic carbocycles. The maximum atomic E-state index is 13.0. The maximum absolute atomic E-state index is 13.0. The van der Waals surface area contributed by atoms with E-state index in [9.17, 15) is 24.9 Å². The Balaban J connectivity index is 1.67. The molecule has 3 N–H and O–H groups in total. The lowest BCUT2D eigenvalue weighted by Crippen LogP contribution is -2.43. The van der Waals surface area contributed by atoms with Gasteiger partial charge in [0.15, 0.2) is 6.23 Å². The third-order valence-electron chi connectivity index (χ3n) is 5.26. The van der Waals surface area contributed by atoms with Gasteiger partial charge in [-0.3, -0.25) is 13.9 Å². The molecule has 2 unspecified atom stereocenters. The molecule has 4 rings (SSSR count). The van der Waals surface area contributed by atoms with E-state index in [0.29, 0.717) is 0 Å². The van der Waals surface area contributed by atoms with Gasteiger partial charge in [0.25, 0.3) is 5.56 Å². The molecule has 0 saturated carbocycles. The van der Waals surface area contributed by atoms with Gasteiger partial charge in [-0.25, -0.2) is 4.79 Å². The van der Waals surface area contributed by atoms with Crippen molar-refractivity contribution in [3.05, 3.63) is 93.3 Å². The Morgan fingerprint density at radius 1 is 0.900 bits per heavy atom. The summed E-state index contributed by atoms with van der Waals surface area (Å²) in [6.07, 6.45) is -3.74. The van der Waals surface area contributed by atoms with E-state index < -0.39 is 42.4 Å². The number of aromatic nitrogens is 2. The molecule has 1 aliphatic heterocycles. The standard InChI is InChI=1S/C22H22N2O6/c25-13-17-19(27)20(28)21(30-17)23-10-9-18(26)24(22(23)29)12-14-5-4-8-16(11-14)15-6-2-1-3-7-15/h1-11,17,19-21,25,27-28H,12-13H2/t17-,19?,20?,21-/m1/s1. The number of aliphatic hydroxyl groups excluding tert-OH is 3. The van der Waals surface area contributed by atoms with Gasteiger partial charge in [-0.05, 0) is 22.8 Å². The van der Waals surface area contributed by atoms with Gasteiger partial charge in [0.2, 0.25) is 0 Å². The van der Waals surface area contributed by atoms with Gasteiger partial charge in [0.05, 0.1) is 13.2 Å². The van der Waals surface area contributed by atoms with Crippen molar-refractivity contribution in [2.75, 3.05) is 6.61 Å². The molecular weight excluding hydrogens is 388 g/mol. The molecule has 3 aromatic rings.